The van der Waals surface area contributed by atoms with Crippen LogP contribution in [0.15, 0.2) is 84.9 Å². The Hall–Kier alpha value is -3.67. The van der Waals surface area contributed by atoms with Crippen molar-refractivity contribution in [3.05, 3.63) is 101 Å². The van der Waals surface area contributed by atoms with Crippen LogP contribution in [-0.2, 0) is 0 Å². The summed E-state index contributed by atoms with van der Waals surface area (Å²) in [5.74, 6) is -0.714. The lowest BCUT2D eigenvalue weighted by Gasteiger charge is -2.13. The molecule has 6 heteroatoms. The van der Waals surface area contributed by atoms with Crippen LogP contribution >= 0.6 is 11.6 Å². The first-order valence-electron chi connectivity index (χ1n) is 9.55. The van der Waals surface area contributed by atoms with Crippen LogP contribution in [0.25, 0.3) is 21.9 Å². The summed E-state index contributed by atoms with van der Waals surface area (Å²) in [7, 11) is 0. The summed E-state index contributed by atoms with van der Waals surface area (Å²) in [6.45, 7) is -0.246. The largest absolute Gasteiger partial charge is 0.485 e. The van der Waals surface area contributed by atoms with Crippen LogP contribution in [0.5, 0.6) is 5.75 Å². The van der Waals surface area contributed by atoms with E-state index in [-0.39, 0.29) is 23.7 Å². The molecule has 0 spiro atoms. The minimum Gasteiger partial charge on any atom is -0.485 e. The van der Waals surface area contributed by atoms with Crippen molar-refractivity contribution in [1.29, 1.82) is 0 Å². The van der Waals surface area contributed by atoms with E-state index in [0.29, 0.717) is 16.0 Å². The maximum Gasteiger partial charge on any atom is 0.279 e. The van der Waals surface area contributed by atoms with Crippen molar-refractivity contribution in [1.82, 2.24) is 5.48 Å². The number of nitrogens with one attached hydrogen (secondary N) is 1. The van der Waals surface area contributed by atoms with Gasteiger partial charge >= 0.3 is 0 Å². The summed E-state index contributed by atoms with van der Waals surface area (Å²) < 4.78 is 5.68. The Morgan fingerprint density at radius 3 is 2.16 bits per heavy atom. The van der Waals surface area contributed by atoms with E-state index >= 15 is 0 Å². The molecule has 0 bridgehead atoms. The van der Waals surface area contributed by atoms with Crippen LogP contribution in [0.4, 0.5) is 0 Å². The first-order valence-corrected chi connectivity index (χ1v) is 9.93. The molecule has 0 saturated heterocycles. The van der Waals surface area contributed by atoms with Gasteiger partial charge in [-0.2, -0.15) is 0 Å². The van der Waals surface area contributed by atoms with Crippen molar-refractivity contribution in [3.63, 3.8) is 0 Å². The first-order chi connectivity index (χ1) is 15.1. The molecule has 5 nitrogen and oxygen atoms in total. The Morgan fingerprint density at radius 2 is 1.48 bits per heavy atom. The zero-order chi connectivity index (χ0) is 21.8. The molecule has 0 fully saturated rings. The second-order valence-electron chi connectivity index (χ2n) is 6.90. The molecule has 0 saturated carbocycles. The zero-order valence-corrected chi connectivity index (χ0v) is 17.1. The molecule has 4 aromatic rings. The Morgan fingerprint density at radius 1 is 0.839 bits per heavy atom. The number of hydroxylamine groups is 1. The Kier molecular flexibility index (Phi) is 5.98. The van der Waals surface area contributed by atoms with Gasteiger partial charge in [0, 0.05) is 10.6 Å². The van der Waals surface area contributed by atoms with Crippen LogP contribution in [0.1, 0.15) is 20.7 Å². The Balaban J connectivity index is 1.53. The average Bonchev–Trinajstić information content (AvgIpc) is 2.82. The summed E-state index contributed by atoms with van der Waals surface area (Å²) in [4.78, 5) is 24.9. The van der Waals surface area contributed by atoms with Gasteiger partial charge in [-0.15, -0.1) is 0 Å². The fraction of sp³-hybridized carbons (Fsp3) is 0.0400. The van der Waals surface area contributed by atoms with Crippen molar-refractivity contribution in [2.45, 2.75) is 0 Å². The molecule has 0 heterocycles. The highest BCUT2D eigenvalue weighted by molar-refractivity contribution is 6.30. The van der Waals surface area contributed by atoms with Crippen molar-refractivity contribution in [2.24, 2.45) is 0 Å². The number of amides is 1. The number of carbonyl (C=O) groups excluding carboxylic acids is 2. The van der Waals surface area contributed by atoms with Gasteiger partial charge in [0.15, 0.2) is 12.4 Å². The molecule has 0 aliphatic rings. The van der Waals surface area contributed by atoms with Crippen molar-refractivity contribution in [2.75, 3.05) is 6.61 Å². The summed E-state index contributed by atoms with van der Waals surface area (Å²) in [6, 6.07) is 25.3. The molecule has 1 amide bonds. The quantitative estimate of drug-likeness (QED) is 0.239. The van der Waals surface area contributed by atoms with E-state index in [0.717, 1.165) is 16.5 Å². The van der Waals surface area contributed by atoms with Gasteiger partial charge in [0.25, 0.3) is 5.91 Å². The van der Waals surface area contributed by atoms with E-state index in [1.165, 1.54) is 0 Å². The van der Waals surface area contributed by atoms with E-state index in [2.05, 4.69) is 0 Å². The summed E-state index contributed by atoms with van der Waals surface area (Å²) in [6.07, 6.45) is 0. The minimum absolute atomic E-state index is 0.173. The standard InChI is InChI=1S/C25H18ClNO4/c26-20-12-9-17(10-13-20)16-5-7-19(8-6-16)22(28)15-31-23-14-11-18-3-1-2-4-21(18)24(23)25(29)27-30/h1-14,30H,15H2,(H,27,29). The van der Waals surface area contributed by atoms with Crippen LogP contribution in [0, 0.1) is 0 Å². The van der Waals surface area contributed by atoms with Gasteiger partial charge in [-0.25, -0.2) is 5.48 Å². The maximum absolute atomic E-state index is 12.6. The highest BCUT2D eigenvalue weighted by atomic mass is 35.5. The Labute approximate surface area is 183 Å². The van der Waals surface area contributed by atoms with Crippen molar-refractivity contribution >= 4 is 34.1 Å². The number of rotatable bonds is 6. The molecule has 31 heavy (non-hydrogen) atoms. The summed E-state index contributed by atoms with van der Waals surface area (Å²) in [5.41, 5.74) is 4.27. The second kappa shape index (κ2) is 9.00. The summed E-state index contributed by atoms with van der Waals surface area (Å²) in [5, 5.41) is 11.2. The van der Waals surface area contributed by atoms with Crippen LogP contribution < -0.4 is 10.2 Å². The van der Waals surface area contributed by atoms with Gasteiger partial charge in [-0.05, 0) is 40.1 Å². The van der Waals surface area contributed by atoms with Gasteiger partial charge in [-0.3, -0.25) is 14.8 Å². The molecule has 0 aliphatic carbocycles. The second-order valence-corrected chi connectivity index (χ2v) is 7.33. The Bertz CT molecular complexity index is 1250. The molecule has 0 radical (unpaired) electrons. The van der Waals surface area contributed by atoms with Crippen LogP contribution in [-0.4, -0.2) is 23.5 Å². The molecular weight excluding hydrogens is 414 g/mol. The number of Topliss-reactive ketones (excluding diaryl/α,β-unsaturated/α-hetero) is 1. The molecule has 4 aromatic carbocycles. The predicted molar refractivity (Wildman–Crippen MR) is 120 cm³/mol. The third-order valence-electron chi connectivity index (χ3n) is 4.96. The number of fused-ring (bicyclic) bond motifs is 1. The van der Waals surface area contributed by atoms with E-state index < -0.39 is 5.91 Å². The van der Waals surface area contributed by atoms with Crippen LogP contribution in [0.3, 0.4) is 0 Å². The third-order valence-corrected chi connectivity index (χ3v) is 5.21. The first kappa shape index (κ1) is 20.6. The van der Waals surface area contributed by atoms with E-state index in [4.69, 9.17) is 21.5 Å². The number of ether oxygens (including phenoxy) is 1. The van der Waals surface area contributed by atoms with E-state index in [9.17, 15) is 9.59 Å². The molecule has 0 aliphatic heterocycles. The lowest BCUT2D eigenvalue weighted by molar-refractivity contribution is 0.0701. The normalized spacial score (nSPS) is 10.6. The molecule has 0 aromatic heterocycles. The third kappa shape index (κ3) is 4.43. The lowest BCUT2D eigenvalue weighted by atomic mass is 10.0. The van der Waals surface area contributed by atoms with Crippen molar-refractivity contribution < 1.29 is 19.5 Å². The number of hydrogen-bond acceptors (Lipinski definition) is 4. The van der Waals surface area contributed by atoms with E-state index in [1.54, 1.807) is 41.9 Å². The van der Waals surface area contributed by atoms with Gasteiger partial charge in [0.05, 0.1) is 5.56 Å². The topological polar surface area (TPSA) is 75.6 Å². The highest BCUT2D eigenvalue weighted by Crippen LogP contribution is 2.28. The monoisotopic (exact) mass is 431 g/mol. The highest BCUT2D eigenvalue weighted by Gasteiger charge is 2.17. The lowest BCUT2D eigenvalue weighted by Crippen LogP contribution is -2.21. The van der Waals surface area contributed by atoms with Gasteiger partial charge in [0.1, 0.15) is 5.75 Å². The minimum atomic E-state index is -0.702. The molecule has 0 unspecified atom stereocenters. The molecule has 2 N–H and O–H groups in total. The summed E-state index contributed by atoms with van der Waals surface area (Å²) >= 11 is 5.93. The fourth-order valence-electron chi connectivity index (χ4n) is 3.38. The average molecular weight is 432 g/mol. The number of halogens is 1. The van der Waals surface area contributed by atoms with Gasteiger partial charge in [-0.1, -0.05) is 78.3 Å². The number of carbonyl (C=O) groups is 2. The predicted octanol–water partition coefficient (Wildman–Crippen LogP) is 5.54. The number of hydrogen-bond donors (Lipinski definition) is 2. The fourth-order valence-corrected chi connectivity index (χ4v) is 3.51. The van der Waals surface area contributed by atoms with E-state index in [1.807, 2.05) is 48.5 Å². The number of ketones is 1. The molecular formula is C25H18ClNO4. The molecule has 4 rings (SSSR count). The number of benzene rings is 4. The van der Waals surface area contributed by atoms with Crippen LogP contribution in [0.2, 0.25) is 5.02 Å². The molecule has 0 atom stereocenters. The maximum atomic E-state index is 12.6. The van der Waals surface area contributed by atoms with Gasteiger partial charge < -0.3 is 4.74 Å². The van der Waals surface area contributed by atoms with Crippen molar-refractivity contribution in [3.8, 4) is 16.9 Å². The SMILES string of the molecule is O=C(COc1ccc2ccccc2c1C(=O)NO)c1ccc(-c2ccc(Cl)cc2)cc1. The smallest absolute Gasteiger partial charge is 0.279 e. The molecule has 154 valence electrons. The van der Waals surface area contributed by atoms with Gasteiger partial charge in [0.2, 0.25) is 0 Å². The zero-order valence-electron chi connectivity index (χ0n) is 16.3.